The molecule has 1 fully saturated rings. The lowest BCUT2D eigenvalue weighted by atomic mass is 10.1. The summed E-state index contributed by atoms with van der Waals surface area (Å²) in [7, 11) is 0. The summed E-state index contributed by atoms with van der Waals surface area (Å²) in [4.78, 5) is 15.8. The Kier molecular flexibility index (Phi) is 9.54. The average Bonchev–Trinajstić information content (AvgIpc) is 3.60. The fraction of sp³-hybridized carbons (Fsp3) is 0.216. The Balaban J connectivity index is 1.23. The molecule has 5 aromatic rings. The maximum atomic E-state index is 13.4. The van der Waals surface area contributed by atoms with E-state index in [1.54, 1.807) is 4.90 Å². The highest BCUT2D eigenvalue weighted by atomic mass is 32.2. The summed E-state index contributed by atoms with van der Waals surface area (Å²) in [6.45, 7) is 3.35. The highest BCUT2D eigenvalue weighted by Gasteiger charge is 2.32. The van der Waals surface area contributed by atoms with E-state index in [9.17, 15) is 4.79 Å². The van der Waals surface area contributed by atoms with Crippen molar-refractivity contribution in [2.45, 2.75) is 45.6 Å². The van der Waals surface area contributed by atoms with Crippen LogP contribution < -0.4 is 4.74 Å². The second-order valence-electron chi connectivity index (χ2n) is 10.9. The van der Waals surface area contributed by atoms with Gasteiger partial charge >= 0.3 is 0 Å². The number of hydrogen-bond acceptors (Lipinski definition) is 5. The number of para-hydroxylation sites is 1. The number of amides is 1. The molecule has 5 nitrogen and oxygen atoms in total. The van der Waals surface area contributed by atoms with Gasteiger partial charge in [0.1, 0.15) is 16.7 Å². The van der Waals surface area contributed by atoms with E-state index < -0.39 is 0 Å². The van der Waals surface area contributed by atoms with Crippen molar-refractivity contribution in [3.8, 4) is 22.7 Å². The van der Waals surface area contributed by atoms with E-state index in [4.69, 9.17) is 22.1 Å². The van der Waals surface area contributed by atoms with E-state index in [0.29, 0.717) is 22.4 Å². The molecule has 1 saturated heterocycles. The van der Waals surface area contributed by atoms with Crippen LogP contribution in [-0.2, 0) is 11.4 Å². The van der Waals surface area contributed by atoms with Crippen molar-refractivity contribution in [3.05, 3.63) is 119 Å². The maximum absolute atomic E-state index is 13.4. The number of hydrogen-bond donors (Lipinski definition) is 0. The van der Waals surface area contributed by atoms with Gasteiger partial charge in [-0.15, -0.1) is 0 Å². The smallest absolute Gasteiger partial charge is 0.266 e. The maximum Gasteiger partial charge on any atom is 0.266 e. The molecular formula is C37H35N3O2S2. The molecule has 0 unspecified atom stereocenters. The predicted octanol–water partition coefficient (Wildman–Crippen LogP) is 9.44. The number of unbranched alkanes of at least 4 members (excludes halogenated alkanes) is 4. The zero-order valence-corrected chi connectivity index (χ0v) is 26.4. The number of nitrogens with zero attached hydrogens (tertiary/aromatic N) is 3. The predicted molar refractivity (Wildman–Crippen MR) is 186 cm³/mol. The molecule has 0 radical (unpaired) electrons. The van der Waals surface area contributed by atoms with Crippen LogP contribution in [0.5, 0.6) is 5.75 Å². The number of carbonyl (C=O) groups is 1. The van der Waals surface area contributed by atoms with Crippen LogP contribution in [0.2, 0.25) is 0 Å². The lowest BCUT2D eigenvalue weighted by molar-refractivity contribution is -0.122. The summed E-state index contributed by atoms with van der Waals surface area (Å²) in [6, 6.07) is 32.6. The van der Waals surface area contributed by atoms with Crippen LogP contribution in [0, 0.1) is 0 Å². The van der Waals surface area contributed by atoms with Gasteiger partial charge in [0.2, 0.25) is 0 Å². The number of aromatic nitrogens is 2. The summed E-state index contributed by atoms with van der Waals surface area (Å²) in [6.07, 6.45) is 9.60. The lowest BCUT2D eigenvalue weighted by Crippen LogP contribution is -2.29. The Morgan fingerprint density at radius 3 is 2.43 bits per heavy atom. The first-order chi connectivity index (χ1) is 21.6. The van der Waals surface area contributed by atoms with Gasteiger partial charge in [-0.2, -0.15) is 5.10 Å². The molecule has 0 bridgehead atoms. The fourth-order valence-corrected chi connectivity index (χ4v) is 6.73. The fourth-order valence-electron chi connectivity index (χ4n) is 5.43. The Hall–Kier alpha value is -4.20. The van der Waals surface area contributed by atoms with E-state index in [-0.39, 0.29) is 5.91 Å². The molecule has 0 atom stereocenters. The van der Waals surface area contributed by atoms with Crippen molar-refractivity contribution < 1.29 is 9.53 Å². The molecule has 2 heterocycles. The molecule has 0 aliphatic carbocycles. The molecule has 7 heteroatoms. The SMILES string of the molecule is CCCCCCCN1C(=O)/C(=C/c2cn(-c3ccccc3)nc2-c2ccc(OCc3cccc4ccccc34)cc2)SC1=S. The first-order valence-electron chi connectivity index (χ1n) is 15.2. The van der Waals surface area contributed by atoms with Gasteiger partial charge in [-0.1, -0.05) is 117 Å². The molecule has 0 N–H and O–H groups in total. The zero-order valence-electron chi connectivity index (χ0n) is 24.8. The number of benzene rings is 4. The van der Waals surface area contributed by atoms with E-state index in [2.05, 4.69) is 49.4 Å². The number of thiocarbonyl (C=S) groups is 1. The second-order valence-corrected chi connectivity index (χ2v) is 12.6. The van der Waals surface area contributed by atoms with Crippen molar-refractivity contribution in [1.82, 2.24) is 14.7 Å². The molecular weight excluding hydrogens is 583 g/mol. The minimum Gasteiger partial charge on any atom is -0.489 e. The third-order valence-corrected chi connectivity index (χ3v) is 9.19. The largest absolute Gasteiger partial charge is 0.489 e. The first kappa shape index (κ1) is 29.9. The van der Waals surface area contributed by atoms with Gasteiger partial charge in [0.05, 0.1) is 16.3 Å². The van der Waals surface area contributed by atoms with Gasteiger partial charge in [0.15, 0.2) is 0 Å². The summed E-state index contributed by atoms with van der Waals surface area (Å²) < 4.78 is 8.68. The zero-order chi connectivity index (χ0) is 30.3. The van der Waals surface area contributed by atoms with E-state index >= 15 is 0 Å². The van der Waals surface area contributed by atoms with Gasteiger partial charge in [0.25, 0.3) is 5.91 Å². The third-order valence-electron chi connectivity index (χ3n) is 7.81. The van der Waals surface area contributed by atoms with Crippen molar-refractivity contribution in [2.24, 2.45) is 0 Å². The van der Waals surface area contributed by atoms with Crippen LogP contribution >= 0.6 is 24.0 Å². The highest BCUT2D eigenvalue weighted by molar-refractivity contribution is 8.26. The molecule has 1 amide bonds. The molecule has 0 spiro atoms. The van der Waals surface area contributed by atoms with Crippen LogP contribution in [0.15, 0.2) is 108 Å². The molecule has 4 aromatic carbocycles. The summed E-state index contributed by atoms with van der Waals surface area (Å²) >= 11 is 6.99. The summed E-state index contributed by atoms with van der Waals surface area (Å²) in [5.74, 6) is 0.761. The van der Waals surface area contributed by atoms with E-state index in [0.717, 1.165) is 46.7 Å². The monoisotopic (exact) mass is 617 g/mol. The van der Waals surface area contributed by atoms with Gasteiger partial charge in [-0.05, 0) is 65.2 Å². The van der Waals surface area contributed by atoms with Gasteiger partial charge in [-0.3, -0.25) is 9.69 Å². The number of carbonyl (C=O) groups excluding carboxylic acids is 1. The molecule has 222 valence electrons. The van der Waals surface area contributed by atoms with Crippen molar-refractivity contribution in [2.75, 3.05) is 6.54 Å². The highest BCUT2D eigenvalue weighted by Crippen LogP contribution is 2.35. The van der Waals surface area contributed by atoms with Crippen LogP contribution in [0.3, 0.4) is 0 Å². The van der Waals surface area contributed by atoms with Crippen LogP contribution in [-0.4, -0.2) is 31.5 Å². The molecule has 0 saturated carbocycles. The number of rotatable bonds is 12. The Labute approximate surface area is 268 Å². The lowest BCUT2D eigenvalue weighted by Gasteiger charge is -2.13. The third kappa shape index (κ3) is 6.79. The van der Waals surface area contributed by atoms with Gasteiger partial charge < -0.3 is 4.74 Å². The molecule has 1 aromatic heterocycles. The summed E-state index contributed by atoms with van der Waals surface area (Å²) in [5.41, 5.74) is 4.69. The quantitative estimate of drug-likeness (QED) is 0.0793. The number of ether oxygens (including phenoxy) is 1. The topological polar surface area (TPSA) is 47.4 Å². The van der Waals surface area contributed by atoms with E-state index in [1.165, 1.54) is 41.8 Å². The van der Waals surface area contributed by atoms with Crippen molar-refractivity contribution >= 4 is 51.1 Å². The Bertz CT molecular complexity index is 1790. The second kappa shape index (κ2) is 14.1. The number of thioether (sulfide) groups is 1. The Morgan fingerprint density at radius 1 is 0.864 bits per heavy atom. The van der Waals surface area contributed by atoms with Gasteiger partial charge in [-0.25, -0.2) is 4.68 Å². The first-order valence-corrected chi connectivity index (χ1v) is 16.4. The van der Waals surface area contributed by atoms with Crippen molar-refractivity contribution in [1.29, 1.82) is 0 Å². The summed E-state index contributed by atoms with van der Waals surface area (Å²) in [5, 5.41) is 7.36. The molecule has 1 aliphatic rings. The van der Waals surface area contributed by atoms with E-state index in [1.807, 2.05) is 71.6 Å². The van der Waals surface area contributed by atoms with Crippen LogP contribution in [0.25, 0.3) is 33.8 Å². The molecule has 6 rings (SSSR count). The number of fused-ring (bicyclic) bond motifs is 1. The average molecular weight is 618 g/mol. The van der Waals surface area contributed by atoms with Crippen LogP contribution in [0.4, 0.5) is 0 Å². The van der Waals surface area contributed by atoms with Crippen LogP contribution in [0.1, 0.15) is 50.2 Å². The Morgan fingerprint density at radius 2 is 1.61 bits per heavy atom. The minimum absolute atomic E-state index is 0.0221. The standard InChI is InChI=1S/C37H35N3O2S2/c1-2-3-4-5-11-23-39-36(41)34(44-37(39)43)24-30-25-40(31-16-7-6-8-17-31)38-35(30)28-19-21-32(22-20-28)42-26-29-15-12-14-27-13-9-10-18-33(27)29/h6-10,12-22,24-25H,2-5,11,23,26H2,1H3/b34-24-. The molecule has 44 heavy (non-hydrogen) atoms. The van der Waals surface area contributed by atoms with Crippen molar-refractivity contribution in [3.63, 3.8) is 0 Å². The normalized spacial score (nSPS) is 14.2. The minimum atomic E-state index is -0.0221. The molecule has 1 aliphatic heterocycles. The van der Waals surface area contributed by atoms with Gasteiger partial charge in [0, 0.05) is 23.9 Å².